The standard InChI is InChI=1S/C50H32N4/c1-3-14-33(15-4-1)34-26-28-35(29-27-34)37-18-13-19-38(30-37)53-45-24-11-8-20-39(45)42-32-48-43(31-47(42)53)40-21-9-12-25-46(40)54(48)50-51-44-23-10-7-22-41(44)49(52-50)36-16-5-2-6-17-36/h1-32H. The molecule has 4 nitrogen and oxygen atoms in total. The number of hydrogen-bond donors (Lipinski definition) is 0. The fourth-order valence-corrected chi connectivity index (χ4v) is 8.21. The summed E-state index contributed by atoms with van der Waals surface area (Å²) < 4.78 is 4.66. The topological polar surface area (TPSA) is 35.6 Å². The number of fused-ring (bicyclic) bond motifs is 7. The van der Waals surface area contributed by atoms with Crippen LogP contribution in [0, 0.1) is 0 Å². The van der Waals surface area contributed by atoms with E-state index in [1.807, 2.05) is 12.1 Å². The van der Waals surface area contributed by atoms with E-state index < -0.39 is 0 Å². The Bertz CT molecular complexity index is 3190. The zero-order valence-electron chi connectivity index (χ0n) is 29.3. The molecule has 3 aromatic heterocycles. The summed E-state index contributed by atoms with van der Waals surface area (Å²) in [5, 5.41) is 5.74. The molecule has 0 amide bonds. The number of rotatable bonds is 5. The fraction of sp³-hybridized carbons (Fsp3) is 0. The Labute approximate surface area is 311 Å². The number of benzene rings is 8. The zero-order chi connectivity index (χ0) is 35.6. The van der Waals surface area contributed by atoms with Crippen LogP contribution in [0.4, 0.5) is 0 Å². The van der Waals surface area contributed by atoms with Gasteiger partial charge in [-0.05, 0) is 64.7 Å². The van der Waals surface area contributed by atoms with Gasteiger partial charge in [0.05, 0.1) is 33.3 Å². The largest absolute Gasteiger partial charge is 0.309 e. The summed E-state index contributed by atoms with van der Waals surface area (Å²) in [5.41, 5.74) is 13.3. The fourth-order valence-electron chi connectivity index (χ4n) is 8.21. The lowest BCUT2D eigenvalue weighted by Gasteiger charge is -2.12. The Hall–Kier alpha value is -7.30. The summed E-state index contributed by atoms with van der Waals surface area (Å²) >= 11 is 0. The van der Waals surface area contributed by atoms with E-state index in [1.54, 1.807) is 0 Å². The highest BCUT2D eigenvalue weighted by molar-refractivity contribution is 6.19. The molecule has 0 unspecified atom stereocenters. The molecule has 4 heteroatoms. The van der Waals surface area contributed by atoms with Gasteiger partial charge < -0.3 is 4.57 Å². The first-order chi connectivity index (χ1) is 26.8. The van der Waals surface area contributed by atoms with Crippen LogP contribution in [-0.4, -0.2) is 19.1 Å². The quantitative estimate of drug-likeness (QED) is 0.180. The Balaban J connectivity index is 1.13. The molecule has 3 heterocycles. The van der Waals surface area contributed by atoms with Gasteiger partial charge in [0.15, 0.2) is 0 Å². The number of aromatic nitrogens is 4. The first-order valence-electron chi connectivity index (χ1n) is 18.3. The molecule has 0 aliphatic heterocycles. The first-order valence-corrected chi connectivity index (χ1v) is 18.3. The van der Waals surface area contributed by atoms with Crippen LogP contribution in [-0.2, 0) is 0 Å². The van der Waals surface area contributed by atoms with E-state index >= 15 is 0 Å². The summed E-state index contributed by atoms with van der Waals surface area (Å²) in [4.78, 5) is 10.5. The van der Waals surface area contributed by atoms with Crippen LogP contribution >= 0.6 is 0 Å². The van der Waals surface area contributed by atoms with Crippen molar-refractivity contribution in [2.45, 2.75) is 0 Å². The number of nitrogens with zero attached hydrogens (tertiary/aromatic N) is 4. The van der Waals surface area contributed by atoms with Gasteiger partial charge in [-0.2, -0.15) is 0 Å². The molecule has 54 heavy (non-hydrogen) atoms. The molecule has 8 aromatic carbocycles. The third-order valence-electron chi connectivity index (χ3n) is 10.7. The van der Waals surface area contributed by atoms with Crippen LogP contribution in [0.1, 0.15) is 0 Å². The van der Waals surface area contributed by atoms with Crippen molar-refractivity contribution in [3.05, 3.63) is 194 Å². The molecule has 0 bridgehead atoms. The van der Waals surface area contributed by atoms with Crippen LogP contribution in [0.15, 0.2) is 194 Å². The second-order valence-corrected chi connectivity index (χ2v) is 13.8. The molecule has 0 saturated carbocycles. The van der Waals surface area contributed by atoms with E-state index in [2.05, 4.69) is 191 Å². The van der Waals surface area contributed by atoms with Gasteiger partial charge in [0, 0.05) is 38.2 Å². The summed E-state index contributed by atoms with van der Waals surface area (Å²) in [7, 11) is 0. The zero-order valence-corrected chi connectivity index (χ0v) is 29.3. The molecule has 0 atom stereocenters. The maximum absolute atomic E-state index is 5.32. The second-order valence-electron chi connectivity index (χ2n) is 13.8. The third kappa shape index (κ3) is 4.78. The van der Waals surface area contributed by atoms with Crippen molar-refractivity contribution < 1.29 is 0 Å². The highest BCUT2D eigenvalue weighted by Crippen LogP contribution is 2.40. The molecule has 0 spiro atoms. The molecule has 0 fully saturated rings. The number of para-hydroxylation sites is 3. The molecule has 11 rings (SSSR count). The SMILES string of the molecule is c1ccc(-c2ccc(-c3cccc(-n4c5ccccc5c5cc6c(cc54)c4ccccc4n6-c4nc(-c5ccccc5)c5ccccc5n4)c3)cc2)cc1. The Morgan fingerprint density at radius 3 is 1.48 bits per heavy atom. The molecular formula is C50H32N4. The van der Waals surface area contributed by atoms with Crippen molar-refractivity contribution in [2.24, 2.45) is 0 Å². The lowest BCUT2D eigenvalue weighted by Crippen LogP contribution is -2.03. The van der Waals surface area contributed by atoms with E-state index in [9.17, 15) is 0 Å². The van der Waals surface area contributed by atoms with Gasteiger partial charge >= 0.3 is 0 Å². The molecule has 11 aromatic rings. The monoisotopic (exact) mass is 688 g/mol. The molecule has 0 saturated heterocycles. The van der Waals surface area contributed by atoms with Crippen LogP contribution < -0.4 is 0 Å². The highest BCUT2D eigenvalue weighted by atomic mass is 15.2. The third-order valence-corrected chi connectivity index (χ3v) is 10.7. The second kappa shape index (κ2) is 12.1. The molecular weight excluding hydrogens is 657 g/mol. The maximum Gasteiger partial charge on any atom is 0.235 e. The minimum atomic E-state index is 0.660. The maximum atomic E-state index is 5.32. The van der Waals surface area contributed by atoms with Gasteiger partial charge in [-0.15, -0.1) is 0 Å². The average molecular weight is 689 g/mol. The molecule has 0 N–H and O–H groups in total. The van der Waals surface area contributed by atoms with Crippen LogP contribution in [0.5, 0.6) is 0 Å². The minimum absolute atomic E-state index is 0.660. The van der Waals surface area contributed by atoms with Crippen molar-refractivity contribution in [3.8, 4) is 45.1 Å². The van der Waals surface area contributed by atoms with Crippen LogP contribution in [0.2, 0.25) is 0 Å². The van der Waals surface area contributed by atoms with E-state index in [-0.39, 0.29) is 0 Å². The molecule has 0 aliphatic carbocycles. The molecule has 252 valence electrons. The van der Waals surface area contributed by atoms with Crippen molar-refractivity contribution in [2.75, 3.05) is 0 Å². The van der Waals surface area contributed by atoms with Gasteiger partial charge in [-0.3, -0.25) is 4.57 Å². The number of hydrogen-bond acceptors (Lipinski definition) is 2. The normalized spacial score (nSPS) is 11.7. The van der Waals surface area contributed by atoms with Gasteiger partial charge in [0.1, 0.15) is 0 Å². The predicted molar refractivity (Wildman–Crippen MR) is 225 cm³/mol. The minimum Gasteiger partial charge on any atom is -0.309 e. The van der Waals surface area contributed by atoms with Crippen molar-refractivity contribution >= 4 is 54.5 Å². The summed E-state index contributed by atoms with van der Waals surface area (Å²) in [5.74, 6) is 0.660. The smallest absolute Gasteiger partial charge is 0.235 e. The van der Waals surface area contributed by atoms with E-state index in [0.717, 1.165) is 55.2 Å². The lowest BCUT2D eigenvalue weighted by molar-refractivity contribution is 1.01. The predicted octanol–water partition coefficient (Wildman–Crippen LogP) is 12.8. The first kappa shape index (κ1) is 30.3. The Kier molecular flexibility index (Phi) is 6.82. The molecule has 0 radical (unpaired) electrons. The Morgan fingerprint density at radius 1 is 0.296 bits per heavy atom. The summed E-state index contributed by atoms with van der Waals surface area (Å²) in [6, 6.07) is 69.1. The summed E-state index contributed by atoms with van der Waals surface area (Å²) in [6.07, 6.45) is 0. The average Bonchev–Trinajstić information content (AvgIpc) is 3.75. The van der Waals surface area contributed by atoms with Crippen LogP contribution in [0.3, 0.4) is 0 Å². The van der Waals surface area contributed by atoms with Gasteiger partial charge in [0.25, 0.3) is 0 Å². The van der Waals surface area contributed by atoms with E-state index in [4.69, 9.17) is 9.97 Å². The van der Waals surface area contributed by atoms with Gasteiger partial charge in [-0.1, -0.05) is 152 Å². The van der Waals surface area contributed by atoms with Crippen molar-refractivity contribution in [1.82, 2.24) is 19.1 Å². The summed E-state index contributed by atoms with van der Waals surface area (Å²) in [6.45, 7) is 0. The lowest BCUT2D eigenvalue weighted by atomic mass is 10.00. The Morgan fingerprint density at radius 2 is 0.796 bits per heavy atom. The van der Waals surface area contributed by atoms with E-state index in [1.165, 1.54) is 38.5 Å². The highest BCUT2D eigenvalue weighted by Gasteiger charge is 2.21. The van der Waals surface area contributed by atoms with Crippen molar-refractivity contribution in [1.29, 1.82) is 0 Å². The van der Waals surface area contributed by atoms with Crippen LogP contribution in [0.25, 0.3) is 99.7 Å². The van der Waals surface area contributed by atoms with Gasteiger partial charge in [0.2, 0.25) is 5.95 Å². The van der Waals surface area contributed by atoms with Crippen molar-refractivity contribution in [3.63, 3.8) is 0 Å². The molecule has 0 aliphatic rings. The van der Waals surface area contributed by atoms with E-state index in [0.29, 0.717) is 5.95 Å². The van der Waals surface area contributed by atoms with Gasteiger partial charge in [-0.25, -0.2) is 9.97 Å².